The van der Waals surface area contributed by atoms with Gasteiger partial charge in [-0.25, -0.2) is 14.8 Å². The topological polar surface area (TPSA) is 107 Å². The summed E-state index contributed by atoms with van der Waals surface area (Å²) in [5, 5.41) is 8.79. The monoisotopic (exact) mass is 392 g/mol. The van der Waals surface area contributed by atoms with Gasteiger partial charge in [0.2, 0.25) is 0 Å². The molecular weight excluding hydrogens is 372 g/mol. The SMILES string of the molecule is COC(=O)c1cc2c(=O)n3cc(C)ccc3nc2n(CCCn2ccnc2)c1=N. The average Bonchev–Trinajstić information content (AvgIpc) is 3.23. The number of nitrogens with one attached hydrogen (secondary N) is 1. The summed E-state index contributed by atoms with van der Waals surface area (Å²) in [5.41, 5.74) is 1.50. The minimum atomic E-state index is -0.658. The maximum Gasteiger partial charge on any atom is 0.341 e. The second-order valence-corrected chi connectivity index (χ2v) is 6.79. The molecule has 148 valence electrons. The Balaban J connectivity index is 1.92. The lowest BCUT2D eigenvalue weighted by Gasteiger charge is -2.14. The van der Waals surface area contributed by atoms with E-state index in [0.717, 1.165) is 5.56 Å². The minimum absolute atomic E-state index is 0.0293. The lowest BCUT2D eigenvalue weighted by molar-refractivity contribution is 0.0597. The summed E-state index contributed by atoms with van der Waals surface area (Å²) in [5.74, 6) is -0.658. The van der Waals surface area contributed by atoms with E-state index in [9.17, 15) is 9.59 Å². The van der Waals surface area contributed by atoms with Gasteiger partial charge in [0.1, 0.15) is 22.3 Å². The first-order valence-electron chi connectivity index (χ1n) is 9.15. The highest BCUT2D eigenvalue weighted by Crippen LogP contribution is 2.12. The molecule has 0 radical (unpaired) electrons. The van der Waals surface area contributed by atoms with Crippen molar-refractivity contribution >= 4 is 22.6 Å². The quantitative estimate of drug-likeness (QED) is 0.409. The molecule has 1 N–H and O–H groups in total. The van der Waals surface area contributed by atoms with Crippen molar-refractivity contribution in [1.82, 2.24) is 23.5 Å². The molecule has 0 saturated carbocycles. The summed E-state index contributed by atoms with van der Waals surface area (Å²) >= 11 is 0. The lowest BCUT2D eigenvalue weighted by Crippen LogP contribution is -2.31. The third kappa shape index (κ3) is 3.31. The van der Waals surface area contributed by atoms with Gasteiger partial charge in [-0.2, -0.15) is 0 Å². The number of pyridine rings is 2. The molecule has 4 rings (SSSR count). The average molecular weight is 392 g/mol. The summed E-state index contributed by atoms with van der Waals surface area (Å²) in [6.45, 7) is 2.98. The second kappa shape index (κ2) is 7.34. The van der Waals surface area contributed by atoms with Crippen LogP contribution in [0.5, 0.6) is 0 Å². The highest BCUT2D eigenvalue weighted by Gasteiger charge is 2.17. The number of carbonyl (C=O) groups excluding carboxylic acids is 1. The number of imidazole rings is 1. The van der Waals surface area contributed by atoms with Gasteiger partial charge in [0.05, 0.1) is 18.8 Å². The summed E-state index contributed by atoms with van der Waals surface area (Å²) in [4.78, 5) is 34.0. The molecule has 4 aromatic heterocycles. The molecule has 9 heteroatoms. The number of methoxy groups -OCH3 is 1. The first-order chi connectivity index (χ1) is 14.0. The van der Waals surface area contributed by atoms with Gasteiger partial charge in [-0.05, 0) is 31.0 Å². The molecule has 0 atom stereocenters. The van der Waals surface area contributed by atoms with E-state index in [1.54, 1.807) is 29.4 Å². The van der Waals surface area contributed by atoms with Crippen molar-refractivity contribution in [1.29, 1.82) is 5.41 Å². The van der Waals surface area contributed by atoms with Gasteiger partial charge < -0.3 is 13.9 Å². The Hall–Kier alpha value is -3.75. The molecule has 0 aliphatic heterocycles. The van der Waals surface area contributed by atoms with Crippen LogP contribution in [0, 0.1) is 12.3 Å². The number of nitrogens with zero attached hydrogens (tertiary/aromatic N) is 5. The Morgan fingerprint density at radius 3 is 2.83 bits per heavy atom. The van der Waals surface area contributed by atoms with Crippen molar-refractivity contribution in [3.8, 4) is 0 Å². The van der Waals surface area contributed by atoms with E-state index >= 15 is 0 Å². The molecule has 29 heavy (non-hydrogen) atoms. The first kappa shape index (κ1) is 18.6. The predicted octanol–water partition coefficient (Wildman–Crippen LogP) is 1.51. The van der Waals surface area contributed by atoms with Crippen LogP contribution < -0.4 is 11.0 Å². The number of hydrogen-bond acceptors (Lipinski definition) is 6. The number of rotatable bonds is 5. The van der Waals surface area contributed by atoms with E-state index in [4.69, 9.17) is 10.1 Å². The molecule has 0 spiro atoms. The van der Waals surface area contributed by atoms with Crippen molar-refractivity contribution < 1.29 is 9.53 Å². The molecule has 0 aliphatic rings. The third-order valence-corrected chi connectivity index (χ3v) is 4.82. The molecular formula is C20H20N6O3. The van der Waals surface area contributed by atoms with Crippen LogP contribution in [0.1, 0.15) is 22.3 Å². The standard InChI is InChI=1S/C20H20N6O3/c1-13-4-5-16-23-18-15(19(27)26(16)11-13)10-14(20(28)29-2)17(21)25(18)8-3-7-24-9-6-22-12-24/h4-6,9-12,21H,3,7-8H2,1-2H3. The van der Waals surface area contributed by atoms with Crippen LogP contribution in [0.15, 0.2) is 47.9 Å². The van der Waals surface area contributed by atoms with Gasteiger partial charge in [-0.15, -0.1) is 0 Å². The van der Waals surface area contributed by atoms with Crippen LogP contribution in [0.4, 0.5) is 0 Å². The van der Waals surface area contributed by atoms with Gasteiger partial charge >= 0.3 is 5.97 Å². The zero-order valence-electron chi connectivity index (χ0n) is 16.1. The van der Waals surface area contributed by atoms with Crippen LogP contribution in [0.3, 0.4) is 0 Å². The van der Waals surface area contributed by atoms with Crippen LogP contribution >= 0.6 is 0 Å². The Morgan fingerprint density at radius 2 is 2.10 bits per heavy atom. The minimum Gasteiger partial charge on any atom is -0.465 e. The number of hydrogen-bond donors (Lipinski definition) is 1. The van der Waals surface area contributed by atoms with Crippen molar-refractivity contribution in [3.05, 3.63) is 70.1 Å². The van der Waals surface area contributed by atoms with Crippen LogP contribution in [0.2, 0.25) is 0 Å². The van der Waals surface area contributed by atoms with E-state index in [1.807, 2.05) is 23.8 Å². The van der Waals surface area contributed by atoms with E-state index < -0.39 is 5.97 Å². The second-order valence-electron chi connectivity index (χ2n) is 6.79. The Morgan fingerprint density at radius 1 is 1.28 bits per heavy atom. The molecule has 0 fully saturated rings. The normalized spacial score (nSPS) is 11.2. The van der Waals surface area contributed by atoms with Crippen molar-refractivity contribution in [3.63, 3.8) is 0 Å². The number of aryl methyl sites for hydroxylation is 3. The maximum absolute atomic E-state index is 13.1. The fourth-order valence-corrected chi connectivity index (χ4v) is 3.36. The summed E-state index contributed by atoms with van der Waals surface area (Å²) < 4.78 is 9.80. The number of aromatic nitrogens is 5. The molecule has 0 unspecified atom stereocenters. The Bertz CT molecular complexity index is 1330. The zero-order valence-corrected chi connectivity index (χ0v) is 16.1. The number of fused-ring (bicyclic) bond motifs is 2. The van der Waals surface area contributed by atoms with Gasteiger partial charge in [-0.1, -0.05) is 6.07 Å². The molecule has 0 aliphatic carbocycles. The van der Waals surface area contributed by atoms with Gasteiger partial charge in [0.25, 0.3) is 5.56 Å². The van der Waals surface area contributed by atoms with Crippen molar-refractivity contribution in [2.24, 2.45) is 0 Å². The van der Waals surface area contributed by atoms with Crippen LogP contribution in [-0.4, -0.2) is 36.6 Å². The number of esters is 1. The van der Waals surface area contributed by atoms with E-state index in [0.29, 0.717) is 30.8 Å². The van der Waals surface area contributed by atoms with Crippen molar-refractivity contribution in [2.75, 3.05) is 7.11 Å². The molecule has 0 aromatic carbocycles. The molecule has 0 saturated heterocycles. The molecule has 0 amide bonds. The fraction of sp³-hybridized carbons (Fsp3) is 0.250. The maximum atomic E-state index is 13.1. The van der Waals surface area contributed by atoms with Gasteiger partial charge in [-0.3, -0.25) is 14.6 Å². The van der Waals surface area contributed by atoms with E-state index in [-0.39, 0.29) is 22.0 Å². The van der Waals surface area contributed by atoms with Crippen molar-refractivity contribution in [2.45, 2.75) is 26.4 Å². The smallest absolute Gasteiger partial charge is 0.341 e. The molecule has 4 heterocycles. The Kier molecular flexibility index (Phi) is 4.71. The highest BCUT2D eigenvalue weighted by molar-refractivity contribution is 5.93. The highest BCUT2D eigenvalue weighted by atomic mass is 16.5. The summed E-state index contributed by atoms with van der Waals surface area (Å²) in [6.07, 6.45) is 7.65. The number of ether oxygens (including phenoxy) is 1. The Labute approximate surface area is 165 Å². The van der Waals surface area contributed by atoms with Gasteiger partial charge in [0, 0.05) is 31.7 Å². The third-order valence-electron chi connectivity index (χ3n) is 4.82. The largest absolute Gasteiger partial charge is 0.465 e. The van der Waals surface area contributed by atoms with Crippen LogP contribution in [0.25, 0.3) is 16.7 Å². The van der Waals surface area contributed by atoms with Gasteiger partial charge in [0.15, 0.2) is 0 Å². The van der Waals surface area contributed by atoms with Crippen LogP contribution in [-0.2, 0) is 17.8 Å². The number of carbonyl (C=O) groups is 1. The first-order valence-corrected chi connectivity index (χ1v) is 9.15. The molecule has 9 nitrogen and oxygen atoms in total. The van der Waals surface area contributed by atoms with E-state index in [2.05, 4.69) is 9.97 Å². The van der Waals surface area contributed by atoms with E-state index in [1.165, 1.54) is 17.6 Å². The molecule has 4 aromatic rings. The summed E-state index contributed by atoms with van der Waals surface area (Å²) in [6, 6.07) is 5.05. The lowest BCUT2D eigenvalue weighted by atomic mass is 10.2. The summed E-state index contributed by atoms with van der Waals surface area (Å²) in [7, 11) is 1.25. The molecule has 0 bridgehead atoms. The fourth-order valence-electron chi connectivity index (χ4n) is 3.36. The predicted molar refractivity (Wildman–Crippen MR) is 106 cm³/mol. The zero-order chi connectivity index (χ0) is 20.5.